The predicted octanol–water partition coefficient (Wildman–Crippen LogP) is 0.261. The Morgan fingerprint density at radius 1 is 0.676 bits per heavy atom. The second kappa shape index (κ2) is 9.31. The second-order valence-corrected chi connectivity index (χ2v) is 15.1. The van der Waals surface area contributed by atoms with Crippen molar-refractivity contribution in [2.45, 2.75) is 29.6 Å². The molecule has 2 N–H and O–H groups in total. The lowest BCUT2D eigenvalue weighted by atomic mass is 9.83. The highest BCUT2D eigenvalue weighted by atomic mass is 32.3. The Balaban J connectivity index is 2.26. The third-order valence-corrected chi connectivity index (χ3v) is 12.3. The Bertz CT molecular complexity index is 1780. The van der Waals surface area contributed by atoms with Crippen LogP contribution in [-0.2, 0) is 47.1 Å². The highest BCUT2D eigenvalue weighted by Crippen LogP contribution is 2.34. The molecule has 18 heteroatoms. The van der Waals surface area contributed by atoms with Gasteiger partial charge in [0.15, 0.2) is 11.6 Å². The molecule has 0 atom stereocenters. The Morgan fingerprint density at radius 2 is 1.14 bits per heavy atom. The predicted molar refractivity (Wildman–Crippen MR) is 127 cm³/mol. The molecule has 3 rings (SSSR count). The van der Waals surface area contributed by atoms with Gasteiger partial charge in [-0.2, -0.15) is 16.8 Å². The second-order valence-electron chi connectivity index (χ2n) is 7.85. The van der Waals surface area contributed by atoms with E-state index in [1.54, 1.807) is 6.92 Å². The SMILES string of the molecule is CCCc1cc2c(cc1S(=O)(=O)N(C)S(=O)(=O)O)C(=O)c1ccc(S(=O)(=O)N(C)S(=O)(=O)O)cc1C2=O. The van der Waals surface area contributed by atoms with Crippen LogP contribution < -0.4 is 0 Å². The number of aryl methyl sites for hydroxylation is 1. The van der Waals surface area contributed by atoms with Gasteiger partial charge in [-0.25, -0.2) is 16.8 Å². The molecule has 1 aliphatic carbocycles. The molecule has 202 valence electrons. The number of carbonyl (C=O) groups excluding carboxylic acids is 2. The third-order valence-electron chi connectivity index (χ3n) is 5.59. The fraction of sp³-hybridized carbons (Fsp3) is 0.263. The molecule has 0 radical (unpaired) electrons. The number of benzene rings is 2. The van der Waals surface area contributed by atoms with Crippen LogP contribution in [0.2, 0.25) is 0 Å². The quantitative estimate of drug-likeness (QED) is 0.335. The van der Waals surface area contributed by atoms with Gasteiger partial charge in [-0.3, -0.25) is 18.7 Å². The van der Waals surface area contributed by atoms with Gasteiger partial charge in [-0.15, -0.1) is 0 Å². The van der Waals surface area contributed by atoms with Gasteiger partial charge < -0.3 is 0 Å². The number of fused-ring (bicyclic) bond motifs is 2. The first-order chi connectivity index (χ1) is 16.8. The van der Waals surface area contributed by atoms with Gasteiger partial charge in [0.25, 0.3) is 20.0 Å². The van der Waals surface area contributed by atoms with Crippen LogP contribution in [0.25, 0.3) is 0 Å². The molecular formula is C19H20N2O12S4. The number of rotatable bonds is 8. The van der Waals surface area contributed by atoms with Crippen molar-refractivity contribution in [3.05, 3.63) is 58.1 Å². The minimum absolute atomic E-state index is 0.0169. The fourth-order valence-electron chi connectivity index (χ4n) is 3.60. The van der Waals surface area contributed by atoms with Crippen LogP contribution in [0.5, 0.6) is 0 Å². The van der Waals surface area contributed by atoms with Gasteiger partial charge in [-0.05, 0) is 42.3 Å². The van der Waals surface area contributed by atoms with Gasteiger partial charge in [0.05, 0.1) is 9.79 Å². The Labute approximate surface area is 213 Å². The highest BCUT2D eigenvalue weighted by molar-refractivity contribution is 8.02. The molecule has 0 amide bonds. The summed E-state index contributed by atoms with van der Waals surface area (Å²) in [5.74, 6) is -1.79. The lowest BCUT2D eigenvalue weighted by Gasteiger charge is -2.23. The smallest absolute Gasteiger partial charge is 0.289 e. The standard InChI is InChI=1S/C19H20N2O12S4/c1-4-5-11-8-14-16(10-17(11)35(26,27)21(3)37(31,32)33)18(22)13-7-6-12(9-15(13)19(14)23)34(24,25)20(2)36(28,29)30/h6-10H,4-5H2,1-3H3,(H,28,29,30)(H,31,32,33). The van der Waals surface area contributed by atoms with Crippen molar-refractivity contribution < 1.29 is 52.4 Å². The third kappa shape index (κ3) is 4.98. The molecule has 0 heterocycles. The molecule has 2 aromatic carbocycles. The van der Waals surface area contributed by atoms with Crippen LogP contribution in [0.1, 0.15) is 50.8 Å². The van der Waals surface area contributed by atoms with Crippen LogP contribution in [0.4, 0.5) is 0 Å². The average molecular weight is 597 g/mol. The summed E-state index contributed by atoms with van der Waals surface area (Å²) >= 11 is 0. The van der Waals surface area contributed by atoms with Gasteiger partial charge in [0.2, 0.25) is 0 Å². The van der Waals surface area contributed by atoms with Crippen molar-refractivity contribution in [1.29, 1.82) is 0 Å². The van der Waals surface area contributed by atoms with E-state index in [2.05, 4.69) is 0 Å². The molecule has 0 saturated heterocycles. The topological polar surface area (TPSA) is 218 Å². The van der Waals surface area contributed by atoms with Gasteiger partial charge in [0.1, 0.15) is 0 Å². The summed E-state index contributed by atoms with van der Waals surface area (Å²) < 4.78 is 114. The number of ketones is 2. The van der Waals surface area contributed by atoms with E-state index in [-0.39, 0.29) is 30.5 Å². The van der Waals surface area contributed by atoms with Gasteiger partial charge in [0, 0.05) is 36.3 Å². The fourth-order valence-corrected chi connectivity index (χ4v) is 7.92. The van der Waals surface area contributed by atoms with Crippen molar-refractivity contribution in [3.63, 3.8) is 0 Å². The summed E-state index contributed by atoms with van der Waals surface area (Å²) in [5, 5.41) is 0. The van der Waals surface area contributed by atoms with Crippen LogP contribution in [0, 0.1) is 0 Å². The molecule has 0 spiro atoms. The van der Waals surface area contributed by atoms with Crippen LogP contribution in [-0.4, -0.2) is 75.9 Å². The largest absolute Gasteiger partial charge is 0.349 e. The Morgan fingerprint density at radius 3 is 1.65 bits per heavy atom. The molecule has 0 aliphatic heterocycles. The van der Waals surface area contributed by atoms with Crippen molar-refractivity contribution in [2.75, 3.05) is 14.1 Å². The summed E-state index contributed by atoms with van der Waals surface area (Å²) in [7, 11) is -19.0. The minimum atomic E-state index is -5.20. The summed E-state index contributed by atoms with van der Waals surface area (Å²) in [6.07, 6.45) is 0.350. The van der Waals surface area contributed by atoms with Crippen molar-refractivity contribution in [1.82, 2.24) is 7.42 Å². The molecule has 0 saturated carbocycles. The first kappa shape index (κ1) is 29.0. The lowest BCUT2D eigenvalue weighted by molar-refractivity contribution is 0.0978. The molecule has 0 unspecified atom stereocenters. The summed E-state index contributed by atoms with van der Waals surface area (Å²) in [6, 6.07) is 4.38. The summed E-state index contributed by atoms with van der Waals surface area (Å²) in [6.45, 7) is 1.66. The van der Waals surface area contributed by atoms with E-state index in [1.807, 2.05) is 0 Å². The van der Waals surface area contributed by atoms with Gasteiger partial charge >= 0.3 is 20.6 Å². The number of hydrogen-bond donors (Lipinski definition) is 2. The van der Waals surface area contributed by atoms with E-state index in [0.717, 1.165) is 30.3 Å². The number of nitrogens with zero attached hydrogens (tertiary/aromatic N) is 2. The molecule has 0 fully saturated rings. The average Bonchev–Trinajstić information content (AvgIpc) is 2.79. The lowest BCUT2D eigenvalue weighted by Crippen LogP contribution is -2.34. The zero-order chi connectivity index (χ0) is 28.3. The van der Waals surface area contributed by atoms with Crippen molar-refractivity contribution in [3.8, 4) is 0 Å². The molecule has 1 aliphatic rings. The van der Waals surface area contributed by atoms with E-state index in [9.17, 15) is 47.8 Å². The van der Waals surface area contributed by atoms with Crippen molar-refractivity contribution in [2.24, 2.45) is 0 Å². The van der Waals surface area contributed by atoms with E-state index in [0.29, 0.717) is 20.5 Å². The summed E-state index contributed by atoms with van der Waals surface area (Å²) in [5.41, 5.74) is -1.51. The highest BCUT2D eigenvalue weighted by Gasteiger charge is 2.38. The zero-order valence-corrected chi connectivity index (χ0v) is 22.6. The van der Waals surface area contributed by atoms with E-state index in [4.69, 9.17) is 4.55 Å². The molecule has 0 aromatic heterocycles. The minimum Gasteiger partial charge on any atom is -0.289 e. The molecule has 37 heavy (non-hydrogen) atoms. The van der Waals surface area contributed by atoms with Crippen LogP contribution >= 0.6 is 0 Å². The van der Waals surface area contributed by atoms with E-state index < -0.39 is 73.1 Å². The summed E-state index contributed by atoms with van der Waals surface area (Å²) in [4.78, 5) is 25.1. The number of hydrogen-bond acceptors (Lipinski definition) is 10. The Kier molecular flexibility index (Phi) is 7.29. The van der Waals surface area contributed by atoms with Gasteiger partial charge in [-0.1, -0.05) is 20.8 Å². The number of sulfonamides is 2. The first-order valence-corrected chi connectivity index (χ1v) is 15.8. The normalized spacial score (nSPS) is 14.7. The maximum absolute atomic E-state index is 13.3. The van der Waals surface area contributed by atoms with Crippen LogP contribution in [0.3, 0.4) is 0 Å². The van der Waals surface area contributed by atoms with Crippen LogP contribution in [0.15, 0.2) is 40.1 Å². The maximum Gasteiger partial charge on any atom is 0.349 e. The molecule has 14 nitrogen and oxygen atoms in total. The van der Waals surface area contributed by atoms with E-state index in [1.165, 1.54) is 0 Å². The van der Waals surface area contributed by atoms with Crippen molar-refractivity contribution >= 4 is 52.2 Å². The maximum atomic E-state index is 13.3. The zero-order valence-electron chi connectivity index (χ0n) is 19.3. The monoisotopic (exact) mass is 596 g/mol. The molecule has 2 aromatic rings. The Hall–Kier alpha value is -2.58. The molecule has 0 bridgehead atoms. The van der Waals surface area contributed by atoms with E-state index >= 15 is 0 Å². The first-order valence-electron chi connectivity index (χ1n) is 10.1. The molecular weight excluding hydrogens is 576 g/mol. The number of carbonyl (C=O) groups is 2.